The van der Waals surface area contributed by atoms with Crippen LogP contribution in [0.5, 0.6) is 11.5 Å². The van der Waals surface area contributed by atoms with E-state index in [4.69, 9.17) is 0 Å². The van der Waals surface area contributed by atoms with Crippen LogP contribution in [-0.2, 0) is 5.41 Å². The summed E-state index contributed by atoms with van der Waals surface area (Å²) in [6.07, 6.45) is 3.07. The molecule has 1 heterocycles. The van der Waals surface area contributed by atoms with E-state index in [-0.39, 0.29) is 16.9 Å². The van der Waals surface area contributed by atoms with Crippen LogP contribution >= 0.6 is 0 Å². The molecule has 0 spiro atoms. The Morgan fingerprint density at radius 2 is 1.93 bits per heavy atom. The van der Waals surface area contributed by atoms with Gasteiger partial charge in [-0.15, -0.1) is 0 Å². The molecular formula is C23H26N2O2. The van der Waals surface area contributed by atoms with E-state index in [0.29, 0.717) is 5.92 Å². The molecule has 0 bridgehead atoms. The first-order valence-electron chi connectivity index (χ1n) is 9.54. The summed E-state index contributed by atoms with van der Waals surface area (Å²) in [6, 6.07) is 13.6. The highest BCUT2D eigenvalue weighted by molar-refractivity contribution is 5.84. The lowest BCUT2D eigenvalue weighted by atomic mass is 9.92. The largest absolute Gasteiger partial charge is 0.504 e. The van der Waals surface area contributed by atoms with Crippen molar-refractivity contribution in [3.05, 3.63) is 66.0 Å². The summed E-state index contributed by atoms with van der Waals surface area (Å²) in [6.45, 7) is 8.71. The van der Waals surface area contributed by atoms with Gasteiger partial charge in [-0.25, -0.2) is 0 Å². The minimum absolute atomic E-state index is 0.0853. The number of aromatic nitrogens is 1. The van der Waals surface area contributed by atoms with Crippen LogP contribution in [0.4, 0.5) is 5.69 Å². The zero-order chi connectivity index (χ0) is 19.2. The van der Waals surface area contributed by atoms with Gasteiger partial charge < -0.3 is 20.5 Å². The highest BCUT2D eigenvalue weighted by atomic mass is 16.3. The fourth-order valence-corrected chi connectivity index (χ4v) is 3.72. The van der Waals surface area contributed by atoms with Gasteiger partial charge >= 0.3 is 0 Å². The molecule has 1 aromatic heterocycles. The molecule has 1 aliphatic rings. The zero-order valence-corrected chi connectivity index (χ0v) is 15.8. The quantitative estimate of drug-likeness (QED) is 0.422. The van der Waals surface area contributed by atoms with E-state index in [9.17, 15) is 10.2 Å². The summed E-state index contributed by atoms with van der Waals surface area (Å²) in [4.78, 5) is 3.51. The van der Waals surface area contributed by atoms with E-state index in [2.05, 4.69) is 55.0 Å². The first kappa shape index (κ1) is 17.5. The van der Waals surface area contributed by atoms with Crippen LogP contribution in [0.25, 0.3) is 10.9 Å². The van der Waals surface area contributed by atoms with Crippen LogP contribution in [0.3, 0.4) is 0 Å². The third-order valence-corrected chi connectivity index (χ3v) is 5.94. The predicted octanol–water partition coefficient (Wildman–Crippen LogP) is 5.75. The second-order valence-corrected chi connectivity index (χ2v) is 7.73. The Hall–Kier alpha value is -2.88. The predicted molar refractivity (Wildman–Crippen MR) is 110 cm³/mol. The van der Waals surface area contributed by atoms with Crippen molar-refractivity contribution < 1.29 is 10.2 Å². The fraction of sp³-hybridized carbons (Fsp3) is 0.304. The number of H-pyrrole nitrogens is 1. The van der Waals surface area contributed by atoms with Crippen molar-refractivity contribution in [3.63, 3.8) is 0 Å². The Labute approximate surface area is 159 Å². The van der Waals surface area contributed by atoms with E-state index in [1.807, 2.05) is 6.07 Å². The standard InChI is InChI=1S/C23H26N2O2/c1-4-14(2)20-12-16-11-18(6-7-19(16)25-20)24-15(3)23(9-10-23)17-5-8-21(26)22(27)13-17/h5-8,11-14,24-27H,3-4,9-10H2,1-2H3. The molecule has 27 heavy (non-hydrogen) atoms. The number of aromatic amines is 1. The minimum atomic E-state index is -0.180. The van der Waals surface area contributed by atoms with Crippen molar-refractivity contribution in [2.75, 3.05) is 5.32 Å². The fourth-order valence-electron chi connectivity index (χ4n) is 3.72. The summed E-state index contributed by atoms with van der Waals surface area (Å²) in [5, 5.41) is 24.1. The lowest BCUT2D eigenvalue weighted by Gasteiger charge is -2.21. The van der Waals surface area contributed by atoms with Gasteiger partial charge in [-0.3, -0.25) is 0 Å². The average molecular weight is 362 g/mol. The van der Waals surface area contributed by atoms with Gasteiger partial charge in [-0.05, 0) is 67.1 Å². The summed E-state index contributed by atoms with van der Waals surface area (Å²) < 4.78 is 0. The molecule has 0 amide bonds. The van der Waals surface area contributed by atoms with Gasteiger partial charge in [0.1, 0.15) is 0 Å². The maximum atomic E-state index is 9.84. The van der Waals surface area contributed by atoms with E-state index < -0.39 is 0 Å². The molecule has 1 unspecified atom stereocenters. The molecule has 4 rings (SSSR count). The second-order valence-electron chi connectivity index (χ2n) is 7.73. The van der Waals surface area contributed by atoms with Gasteiger partial charge in [0.25, 0.3) is 0 Å². The maximum absolute atomic E-state index is 9.84. The van der Waals surface area contributed by atoms with E-state index >= 15 is 0 Å². The molecular weight excluding hydrogens is 336 g/mol. The Balaban J connectivity index is 1.58. The lowest BCUT2D eigenvalue weighted by molar-refractivity contribution is 0.402. The van der Waals surface area contributed by atoms with Gasteiger partial charge in [0.15, 0.2) is 11.5 Å². The molecule has 3 aromatic rings. The first-order chi connectivity index (χ1) is 12.9. The number of fused-ring (bicyclic) bond motifs is 1. The molecule has 0 saturated heterocycles. The van der Waals surface area contributed by atoms with Crippen molar-refractivity contribution >= 4 is 16.6 Å². The number of phenolic OH excluding ortho intramolecular Hbond substituents is 2. The monoisotopic (exact) mass is 362 g/mol. The topological polar surface area (TPSA) is 68.3 Å². The second kappa shape index (κ2) is 6.38. The normalized spacial score (nSPS) is 16.2. The smallest absolute Gasteiger partial charge is 0.157 e. The molecule has 0 radical (unpaired) electrons. The minimum Gasteiger partial charge on any atom is -0.504 e. The van der Waals surface area contributed by atoms with Gasteiger partial charge in [-0.1, -0.05) is 26.5 Å². The van der Waals surface area contributed by atoms with E-state index in [1.165, 1.54) is 11.1 Å². The molecule has 1 aliphatic carbocycles. The highest BCUT2D eigenvalue weighted by Crippen LogP contribution is 2.54. The van der Waals surface area contributed by atoms with Gasteiger partial charge in [-0.2, -0.15) is 0 Å². The number of phenols is 2. The molecule has 1 atom stereocenters. The zero-order valence-electron chi connectivity index (χ0n) is 15.8. The molecule has 0 aliphatic heterocycles. The third kappa shape index (κ3) is 3.05. The number of aromatic hydroxyl groups is 2. The summed E-state index contributed by atoms with van der Waals surface area (Å²) >= 11 is 0. The Kier molecular flexibility index (Phi) is 4.14. The van der Waals surface area contributed by atoms with Crippen LogP contribution < -0.4 is 5.32 Å². The van der Waals surface area contributed by atoms with Crippen LogP contribution in [0, 0.1) is 0 Å². The molecule has 140 valence electrons. The highest BCUT2D eigenvalue weighted by Gasteiger charge is 2.47. The van der Waals surface area contributed by atoms with Crippen molar-refractivity contribution in [1.29, 1.82) is 0 Å². The number of hydrogen-bond acceptors (Lipinski definition) is 3. The lowest BCUT2D eigenvalue weighted by Crippen LogP contribution is -2.16. The van der Waals surface area contributed by atoms with E-state index in [0.717, 1.165) is 41.7 Å². The van der Waals surface area contributed by atoms with Crippen molar-refractivity contribution in [3.8, 4) is 11.5 Å². The molecule has 4 N–H and O–H groups in total. The molecule has 4 heteroatoms. The summed E-state index contributed by atoms with van der Waals surface area (Å²) in [5.74, 6) is 0.335. The number of hydrogen-bond donors (Lipinski definition) is 4. The molecule has 4 nitrogen and oxygen atoms in total. The Morgan fingerprint density at radius 1 is 1.15 bits per heavy atom. The Bertz CT molecular complexity index is 1010. The number of nitrogens with one attached hydrogen (secondary N) is 2. The van der Waals surface area contributed by atoms with Crippen LogP contribution in [0.15, 0.2) is 54.7 Å². The SMILES string of the molecule is C=C(Nc1ccc2[nH]c(C(C)CC)cc2c1)C1(c2ccc(O)c(O)c2)CC1. The third-order valence-electron chi connectivity index (χ3n) is 5.94. The van der Waals surface area contributed by atoms with Crippen LogP contribution in [0.2, 0.25) is 0 Å². The average Bonchev–Trinajstić information content (AvgIpc) is 3.37. The van der Waals surface area contributed by atoms with E-state index in [1.54, 1.807) is 12.1 Å². The summed E-state index contributed by atoms with van der Waals surface area (Å²) in [5.41, 5.74) is 5.14. The number of rotatable bonds is 6. The van der Waals surface area contributed by atoms with Gasteiger partial charge in [0.2, 0.25) is 0 Å². The van der Waals surface area contributed by atoms with Crippen LogP contribution in [-0.4, -0.2) is 15.2 Å². The van der Waals surface area contributed by atoms with Crippen molar-refractivity contribution in [2.45, 2.75) is 44.4 Å². The first-order valence-corrected chi connectivity index (χ1v) is 9.54. The molecule has 1 fully saturated rings. The Morgan fingerprint density at radius 3 is 2.59 bits per heavy atom. The number of anilines is 1. The van der Waals surface area contributed by atoms with Gasteiger partial charge in [0.05, 0.1) is 0 Å². The number of benzene rings is 2. The maximum Gasteiger partial charge on any atom is 0.157 e. The number of allylic oxidation sites excluding steroid dienone is 1. The van der Waals surface area contributed by atoms with Crippen LogP contribution in [0.1, 0.15) is 50.3 Å². The van der Waals surface area contributed by atoms with Crippen molar-refractivity contribution in [2.24, 2.45) is 0 Å². The van der Waals surface area contributed by atoms with Gasteiger partial charge in [0, 0.05) is 33.4 Å². The molecule has 1 saturated carbocycles. The summed E-state index contributed by atoms with van der Waals surface area (Å²) in [7, 11) is 0. The van der Waals surface area contributed by atoms with Crippen molar-refractivity contribution in [1.82, 2.24) is 4.98 Å². The molecule has 2 aromatic carbocycles.